The van der Waals surface area contributed by atoms with Gasteiger partial charge < -0.3 is 25.9 Å². The fourth-order valence-electron chi connectivity index (χ4n) is 3.61. The van der Waals surface area contributed by atoms with Gasteiger partial charge in [0.2, 0.25) is 11.8 Å². The molecule has 30 heavy (non-hydrogen) atoms. The minimum absolute atomic E-state index is 0.0466. The molecule has 0 aliphatic carbocycles. The van der Waals surface area contributed by atoms with E-state index in [0.717, 1.165) is 0 Å². The quantitative estimate of drug-likeness (QED) is 0.352. The first-order valence-electron chi connectivity index (χ1n) is 9.55. The van der Waals surface area contributed by atoms with E-state index in [9.17, 15) is 24.0 Å². The number of carbonyl (C=O) groups is 3. The van der Waals surface area contributed by atoms with Gasteiger partial charge >= 0.3 is 5.69 Å². The summed E-state index contributed by atoms with van der Waals surface area (Å²) >= 11 is 0. The molecule has 2 aromatic heterocycles. The Morgan fingerprint density at radius 1 is 1.33 bits per heavy atom. The Hall–Kier alpha value is -3.70. The molecule has 2 atom stereocenters. The van der Waals surface area contributed by atoms with E-state index < -0.39 is 41.1 Å². The van der Waals surface area contributed by atoms with E-state index in [-0.39, 0.29) is 24.1 Å². The van der Waals surface area contributed by atoms with Crippen molar-refractivity contribution in [1.82, 2.24) is 30.2 Å². The van der Waals surface area contributed by atoms with Crippen LogP contribution in [0.5, 0.6) is 0 Å². The van der Waals surface area contributed by atoms with Crippen molar-refractivity contribution in [2.45, 2.75) is 44.7 Å². The average Bonchev–Trinajstić information content (AvgIpc) is 3.38. The minimum atomic E-state index is -1.08. The van der Waals surface area contributed by atoms with Crippen molar-refractivity contribution >= 4 is 17.7 Å². The second-order valence-electron chi connectivity index (χ2n) is 7.00. The highest BCUT2D eigenvalue weighted by Crippen LogP contribution is 2.19. The van der Waals surface area contributed by atoms with Crippen LogP contribution >= 0.6 is 0 Å². The van der Waals surface area contributed by atoms with Crippen molar-refractivity contribution in [3.05, 3.63) is 50.3 Å². The molecule has 6 N–H and O–H groups in total. The average molecular weight is 417 g/mol. The number of nitrogens with zero attached hydrogens (tertiary/aromatic N) is 2. The van der Waals surface area contributed by atoms with Crippen molar-refractivity contribution in [3.63, 3.8) is 0 Å². The number of H-pyrrole nitrogens is 3. The number of nitrogens with one attached hydrogen (secondary N) is 4. The summed E-state index contributed by atoms with van der Waals surface area (Å²) in [5.41, 5.74) is 4.31. The van der Waals surface area contributed by atoms with E-state index in [1.165, 1.54) is 11.2 Å². The van der Waals surface area contributed by atoms with Crippen LogP contribution in [0.1, 0.15) is 41.5 Å². The van der Waals surface area contributed by atoms with Crippen LogP contribution in [0.3, 0.4) is 0 Å². The Morgan fingerprint density at radius 3 is 2.73 bits per heavy atom. The zero-order valence-corrected chi connectivity index (χ0v) is 16.4. The predicted octanol–water partition coefficient (Wildman–Crippen LogP) is -1.83. The molecule has 0 saturated carbocycles. The van der Waals surface area contributed by atoms with Crippen LogP contribution in [0.15, 0.2) is 22.1 Å². The summed E-state index contributed by atoms with van der Waals surface area (Å²) in [6, 6.07) is -1.82. The SMILES string of the molecule is CCc1c(C(=O)N[C@@H](Cc2c[nH]cn2)C(=O)N2CCC[C@H]2C(N)=O)[nH]c(=O)[nH]c1=O. The van der Waals surface area contributed by atoms with Crippen molar-refractivity contribution in [3.8, 4) is 0 Å². The van der Waals surface area contributed by atoms with Gasteiger partial charge in [0.05, 0.1) is 12.0 Å². The third kappa shape index (κ3) is 4.31. The third-order valence-electron chi connectivity index (χ3n) is 5.06. The van der Waals surface area contributed by atoms with Crippen LogP contribution in [0.2, 0.25) is 0 Å². The molecule has 3 amide bonds. The summed E-state index contributed by atoms with van der Waals surface area (Å²) in [5, 5.41) is 2.58. The molecule has 0 unspecified atom stereocenters. The van der Waals surface area contributed by atoms with Gasteiger partial charge in [-0.1, -0.05) is 6.92 Å². The summed E-state index contributed by atoms with van der Waals surface area (Å²) in [7, 11) is 0. The van der Waals surface area contributed by atoms with Gasteiger partial charge in [-0.05, 0) is 19.3 Å². The van der Waals surface area contributed by atoms with Gasteiger partial charge in [-0.2, -0.15) is 0 Å². The molecule has 0 bridgehead atoms. The lowest BCUT2D eigenvalue weighted by atomic mass is 10.1. The Morgan fingerprint density at radius 2 is 2.10 bits per heavy atom. The molecule has 1 aliphatic heterocycles. The second kappa shape index (κ2) is 8.76. The summed E-state index contributed by atoms with van der Waals surface area (Å²) in [5.74, 6) is -1.88. The van der Waals surface area contributed by atoms with Crippen molar-refractivity contribution in [1.29, 1.82) is 0 Å². The standard InChI is InChI=1S/C18H23N7O5/c1-2-10-13(23-18(30)24-15(10)27)16(28)22-11(6-9-7-20-8-21-9)17(29)25-5-3-4-12(25)14(19)26/h7-8,11-12H,2-6H2,1H3,(H2,19,26)(H,20,21)(H,22,28)(H2,23,24,27,30)/t11-,12-/m0/s1. The fraction of sp³-hybridized carbons (Fsp3) is 0.444. The number of hydrogen-bond acceptors (Lipinski definition) is 6. The number of amides is 3. The van der Waals surface area contributed by atoms with E-state index in [4.69, 9.17) is 5.73 Å². The number of nitrogens with two attached hydrogens (primary N) is 1. The molecule has 1 saturated heterocycles. The maximum absolute atomic E-state index is 13.2. The van der Waals surface area contributed by atoms with E-state index in [2.05, 4.69) is 25.3 Å². The van der Waals surface area contributed by atoms with Gasteiger partial charge in [-0.25, -0.2) is 9.78 Å². The number of carbonyl (C=O) groups excluding carboxylic acids is 3. The predicted molar refractivity (Wildman–Crippen MR) is 105 cm³/mol. The smallest absolute Gasteiger partial charge is 0.326 e. The van der Waals surface area contributed by atoms with E-state index in [1.807, 2.05) is 0 Å². The molecular weight excluding hydrogens is 394 g/mol. The zero-order valence-electron chi connectivity index (χ0n) is 16.4. The monoisotopic (exact) mass is 417 g/mol. The second-order valence-corrected chi connectivity index (χ2v) is 7.00. The molecule has 0 aromatic carbocycles. The van der Waals surface area contributed by atoms with E-state index >= 15 is 0 Å². The minimum Gasteiger partial charge on any atom is -0.368 e. The van der Waals surface area contributed by atoms with Crippen LogP contribution < -0.4 is 22.3 Å². The number of likely N-dealkylation sites (tertiary alicyclic amines) is 1. The highest BCUT2D eigenvalue weighted by molar-refractivity contribution is 5.98. The zero-order chi connectivity index (χ0) is 21.8. The number of imidazole rings is 1. The van der Waals surface area contributed by atoms with Gasteiger partial charge in [0.25, 0.3) is 11.5 Å². The Balaban J connectivity index is 1.91. The first kappa shape index (κ1) is 21.0. The molecule has 160 valence electrons. The summed E-state index contributed by atoms with van der Waals surface area (Å²) in [6.45, 7) is 2.00. The van der Waals surface area contributed by atoms with E-state index in [1.54, 1.807) is 13.1 Å². The molecule has 3 heterocycles. The summed E-state index contributed by atoms with van der Waals surface area (Å²) in [4.78, 5) is 74.0. The van der Waals surface area contributed by atoms with E-state index in [0.29, 0.717) is 25.1 Å². The van der Waals surface area contributed by atoms with Gasteiger partial charge in [-0.3, -0.25) is 24.2 Å². The molecule has 3 rings (SSSR count). The molecule has 0 spiro atoms. The Kier molecular flexibility index (Phi) is 6.14. The number of hydrogen-bond donors (Lipinski definition) is 5. The molecule has 2 aromatic rings. The highest BCUT2D eigenvalue weighted by atomic mass is 16.2. The van der Waals surface area contributed by atoms with Gasteiger partial charge in [0, 0.05) is 24.7 Å². The molecule has 1 fully saturated rings. The lowest BCUT2D eigenvalue weighted by Gasteiger charge is -2.27. The maximum atomic E-state index is 13.2. The Bertz CT molecular complexity index is 1060. The van der Waals surface area contributed by atoms with Crippen LogP contribution in [-0.2, 0) is 22.4 Å². The lowest BCUT2D eigenvalue weighted by Crippen LogP contribution is -2.54. The topological polar surface area (TPSA) is 187 Å². The molecule has 12 heteroatoms. The van der Waals surface area contributed by atoms with Crippen molar-refractivity contribution < 1.29 is 14.4 Å². The number of rotatable bonds is 7. The first-order valence-corrected chi connectivity index (χ1v) is 9.55. The third-order valence-corrected chi connectivity index (χ3v) is 5.06. The van der Waals surface area contributed by atoms with Crippen molar-refractivity contribution in [2.75, 3.05) is 6.54 Å². The Labute approximate surface area is 170 Å². The number of primary amides is 1. The molecule has 0 radical (unpaired) electrons. The van der Waals surface area contributed by atoms with Crippen LogP contribution in [0.25, 0.3) is 0 Å². The van der Waals surface area contributed by atoms with Gasteiger partial charge in [-0.15, -0.1) is 0 Å². The summed E-state index contributed by atoms with van der Waals surface area (Å²) < 4.78 is 0. The maximum Gasteiger partial charge on any atom is 0.326 e. The van der Waals surface area contributed by atoms with Crippen LogP contribution in [0.4, 0.5) is 0 Å². The molecule has 12 nitrogen and oxygen atoms in total. The lowest BCUT2D eigenvalue weighted by molar-refractivity contribution is -0.138. The first-order chi connectivity index (χ1) is 14.3. The molecular formula is C18H23N7O5. The van der Waals surface area contributed by atoms with Crippen LogP contribution in [0, 0.1) is 0 Å². The fourth-order valence-corrected chi connectivity index (χ4v) is 3.61. The molecule has 1 aliphatic rings. The summed E-state index contributed by atoms with van der Waals surface area (Å²) in [6.07, 6.45) is 4.32. The van der Waals surface area contributed by atoms with Crippen molar-refractivity contribution in [2.24, 2.45) is 5.73 Å². The normalized spacial score (nSPS) is 17.0. The number of aromatic amines is 3. The van der Waals surface area contributed by atoms with Gasteiger partial charge in [0.15, 0.2) is 0 Å². The number of aromatic nitrogens is 4. The highest BCUT2D eigenvalue weighted by Gasteiger charge is 2.37. The van der Waals surface area contributed by atoms with Gasteiger partial charge in [0.1, 0.15) is 17.8 Å². The van der Waals surface area contributed by atoms with Crippen LogP contribution in [-0.4, -0.2) is 61.2 Å². The largest absolute Gasteiger partial charge is 0.368 e.